The molecule has 0 atom stereocenters. The zero-order valence-corrected chi connectivity index (χ0v) is 38.1. The second kappa shape index (κ2) is 21.2. The Morgan fingerprint density at radius 3 is 0.897 bits per heavy atom. The summed E-state index contributed by atoms with van der Waals surface area (Å²) in [5.74, 6) is 0. The van der Waals surface area contributed by atoms with Crippen LogP contribution in [0.4, 0.5) is 0 Å². The van der Waals surface area contributed by atoms with Crippen LogP contribution in [0.5, 0.6) is 0 Å². The van der Waals surface area contributed by atoms with Crippen LogP contribution in [0.2, 0.25) is 0 Å². The van der Waals surface area contributed by atoms with Crippen molar-refractivity contribution in [1.29, 1.82) is 0 Å². The lowest BCUT2D eigenvalue weighted by Gasteiger charge is -2.11. The van der Waals surface area contributed by atoms with Gasteiger partial charge in [-0.3, -0.25) is 0 Å². The van der Waals surface area contributed by atoms with E-state index in [1.807, 2.05) is 0 Å². The Balaban J connectivity index is 0.839. The molecule has 0 spiro atoms. The Morgan fingerprint density at radius 1 is 0.235 bits per heavy atom. The molecule has 0 aliphatic carbocycles. The summed E-state index contributed by atoms with van der Waals surface area (Å²) < 4.78 is 0. The fourth-order valence-corrected chi connectivity index (χ4v) is 8.92. The van der Waals surface area contributed by atoms with Crippen LogP contribution in [0, 0.1) is 0 Å². The van der Waals surface area contributed by atoms with Gasteiger partial charge in [0.1, 0.15) is 0 Å². The van der Waals surface area contributed by atoms with Crippen LogP contribution in [0.15, 0.2) is 255 Å². The zero-order valence-electron chi connectivity index (χ0n) is 38.1. The zero-order chi connectivity index (χ0) is 45.7. The maximum atomic E-state index is 2.30. The van der Waals surface area contributed by atoms with Crippen molar-refractivity contribution in [2.24, 2.45) is 0 Å². The summed E-state index contributed by atoms with van der Waals surface area (Å²) in [5.41, 5.74) is 19.5. The summed E-state index contributed by atoms with van der Waals surface area (Å²) in [6.45, 7) is 0. The second-order valence-corrected chi connectivity index (χ2v) is 17.4. The van der Waals surface area contributed by atoms with Crippen molar-refractivity contribution >= 4 is 58.4 Å². The van der Waals surface area contributed by atoms with Gasteiger partial charge in [0.2, 0.25) is 0 Å². The van der Waals surface area contributed by atoms with Gasteiger partial charge in [0.25, 0.3) is 0 Å². The van der Waals surface area contributed by atoms with Gasteiger partial charge < -0.3 is 0 Å². The summed E-state index contributed by atoms with van der Waals surface area (Å²) in [6.07, 6.45) is 15.4. The first-order valence-electron chi connectivity index (χ1n) is 23.6. The van der Waals surface area contributed by atoms with Gasteiger partial charge in [0.15, 0.2) is 0 Å². The topological polar surface area (TPSA) is 0 Å². The Morgan fingerprint density at radius 2 is 0.529 bits per heavy atom. The first-order valence-corrected chi connectivity index (χ1v) is 23.6. The highest BCUT2D eigenvalue weighted by Crippen LogP contribution is 2.31. The predicted molar refractivity (Wildman–Crippen MR) is 293 cm³/mol. The molecule has 10 aromatic carbocycles. The van der Waals surface area contributed by atoms with Crippen molar-refractivity contribution in [1.82, 2.24) is 0 Å². The van der Waals surface area contributed by atoms with Crippen molar-refractivity contribution in [2.75, 3.05) is 0 Å². The molecule has 0 amide bonds. The molecule has 0 aromatic heterocycles. The van der Waals surface area contributed by atoms with E-state index >= 15 is 0 Å². The summed E-state index contributed by atoms with van der Waals surface area (Å²) in [7, 11) is 0. The van der Waals surface area contributed by atoms with Crippen LogP contribution < -0.4 is 0 Å². The monoisotopic (exact) mass is 868 g/mol. The van der Waals surface area contributed by atoms with Crippen LogP contribution in [0.1, 0.15) is 77.9 Å². The molecule has 0 bridgehead atoms. The molecule has 0 N–H and O–H groups in total. The summed E-state index contributed by atoms with van der Waals surface area (Å²) >= 11 is 0. The Hall–Kier alpha value is -8.58. The molecule has 0 aliphatic rings. The van der Waals surface area contributed by atoms with E-state index in [4.69, 9.17) is 0 Å². The van der Waals surface area contributed by atoms with E-state index in [9.17, 15) is 0 Å². The van der Waals surface area contributed by atoms with Gasteiger partial charge in [-0.25, -0.2) is 0 Å². The molecule has 0 aliphatic heterocycles. The van der Waals surface area contributed by atoms with Crippen molar-refractivity contribution < 1.29 is 0 Å². The molecule has 0 unspecified atom stereocenters. The first-order chi connectivity index (χ1) is 33.7. The highest BCUT2D eigenvalue weighted by Gasteiger charge is 2.09. The number of benzene rings is 10. The molecule has 10 aromatic rings. The second-order valence-electron chi connectivity index (χ2n) is 17.4. The smallest absolute Gasteiger partial charge is 0.00258 e. The first kappa shape index (κ1) is 43.3. The van der Waals surface area contributed by atoms with Crippen LogP contribution in [0.25, 0.3) is 58.4 Å². The molecule has 0 fully saturated rings. The van der Waals surface area contributed by atoms with E-state index in [2.05, 4.69) is 291 Å². The van der Waals surface area contributed by atoms with E-state index in [0.29, 0.717) is 0 Å². The van der Waals surface area contributed by atoms with Gasteiger partial charge in [0.05, 0.1) is 0 Å². The van der Waals surface area contributed by atoms with Crippen molar-refractivity contribution in [2.45, 2.75) is 12.8 Å². The van der Waals surface area contributed by atoms with E-state index < -0.39 is 0 Å². The molecule has 0 saturated carbocycles. The van der Waals surface area contributed by atoms with Crippen LogP contribution >= 0.6 is 0 Å². The van der Waals surface area contributed by atoms with E-state index in [1.165, 1.54) is 88.7 Å². The maximum Gasteiger partial charge on any atom is -0.00258 e. The number of hydrogen-bond acceptors (Lipinski definition) is 0. The quantitative estimate of drug-likeness (QED) is 0.0955. The maximum absolute atomic E-state index is 2.30. The third kappa shape index (κ3) is 10.9. The largest absolute Gasteiger partial charge is 0.0622 e. The predicted octanol–water partition coefficient (Wildman–Crippen LogP) is 17.5. The van der Waals surface area contributed by atoms with Gasteiger partial charge >= 0.3 is 0 Å². The van der Waals surface area contributed by atoms with Crippen molar-refractivity contribution in [3.63, 3.8) is 0 Å². The fourth-order valence-electron chi connectivity index (χ4n) is 8.92. The van der Waals surface area contributed by atoms with Gasteiger partial charge in [-0.15, -0.1) is 0 Å². The molecule has 0 saturated heterocycles. The Bertz CT molecular complexity index is 3110. The standard InChI is InChI=1S/C68H52/c1-5-15-53(16-6-1)47-55-35-41-63(42-36-55)67(59-19-9-3-10-20-59)49-57-29-25-51(26-30-57)33-39-61-45-46-62(66-24-14-13-23-65(61)66)40-34-52-27-31-58(32-28-52)50-68(60-21-11-4-12-22-60)64-43-37-56(38-44-64)48-54-17-7-2-8-18-54/h1-46,49-50H,47-48H2/b39-33-,40-34-,67-49-,68-50-. The molecule has 10 rings (SSSR count). The van der Waals surface area contributed by atoms with Crippen LogP contribution in [-0.2, 0) is 12.8 Å². The van der Waals surface area contributed by atoms with Crippen LogP contribution in [0.3, 0.4) is 0 Å². The average Bonchev–Trinajstić information content (AvgIpc) is 3.41. The third-order valence-electron chi connectivity index (χ3n) is 12.6. The molecular formula is C68H52. The minimum atomic E-state index is 0.927. The molecule has 0 nitrogen and oxygen atoms in total. The number of rotatable bonds is 14. The van der Waals surface area contributed by atoms with E-state index in [1.54, 1.807) is 0 Å². The lowest BCUT2D eigenvalue weighted by atomic mass is 9.94. The SMILES string of the molecule is C(=C/c1ccc(/C=C\c2ccc(/C=C(/c3ccccc3)c3ccc(Cc4ccccc4)cc3)cc2)c2ccccc12)/c1ccc(/C=C(/c2ccccc2)c2ccc(Cc3ccccc3)cc2)cc1. The van der Waals surface area contributed by atoms with Gasteiger partial charge in [0, 0.05) is 0 Å². The molecular weight excluding hydrogens is 817 g/mol. The molecule has 68 heavy (non-hydrogen) atoms. The Labute approximate surface area is 401 Å². The summed E-state index contributed by atoms with van der Waals surface area (Å²) in [6, 6.07) is 91.6. The normalized spacial score (nSPS) is 12.0. The summed E-state index contributed by atoms with van der Waals surface area (Å²) in [4.78, 5) is 0. The molecule has 324 valence electrons. The fraction of sp³-hybridized carbons (Fsp3) is 0.0294. The van der Waals surface area contributed by atoms with E-state index in [0.717, 1.165) is 24.0 Å². The average molecular weight is 869 g/mol. The highest BCUT2D eigenvalue weighted by atomic mass is 14.1. The molecule has 0 radical (unpaired) electrons. The molecule has 0 heterocycles. The summed E-state index contributed by atoms with van der Waals surface area (Å²) in [5, 5.41) is 2.46. The van der Waals surface area contributed by atoms with Crippen molar-refractivity contribution in [3.05, 3.63) is 333 Å². The lowest BCUT2D eigenvalue weighted by Crippen LogP contribution is -1.91. The number of fused-ring (bicyclic) bond motifs is 1. The van der Waals surface area contributed by atoms with Gasteiger partial charge in [-0.2, -0.15) is 0 Å². The third-order valence-corrected chi connectivity index (χ3v) is 12.6. The van der Waals surface area contributed by atoms with Gasteiger partial charge in [-0.05, 0) is 125 Å². The minimum Gasteiger partial charge on any atom is -0.0622 e. The van der Waals surface area contributed by atoms with Crippen molar-refractivity contribution in [3.8, 4) is 0 Å². The van der Waals surface area contributed by atoms with E-state index in [-0.39, 0.29) is 0 Å². The minimum absolute atomic E-state index is 0.927. The lowest BCUT2D eigenvalue weighted by molar-refractivity contribution is 1.19. The molecule has 0 heteroatoms. The van der Waals surface area contributed by atoms with Crippen LogP contribution in [-0.4, -0.2) is 0 Å². The van der Waals surface area contributed by atoms with Gasteiger partial charge in [-0.1, -0.05) is 279 Å². The number of hydrogen-bond donors (Lipinski definition) is 0. The highest BCUT2D eigenvalue weighted by molar-refractivity contribution is 5.99. The Kier molecular flexibility index (Phi) is 13.5.